The van der Waals surface area contributed by atoms with E-state index in [1.54, 1.807) is 0 Å². The topological polar surface area (TPSA) is 107 Å². The third kappa shape index (κ3) is 5.56. The van der Waals surface area contributed by atoms with E-state index >= 15 is 0 Å². The minimum absolute atomic E-state index is 0.195. The summed E-state index contributed by atoms with van der Waals surface area (Å²) in [5, 5.41) is 27.4. The quantitative estimate of drug-likeness (QED) is 0.569. The maximum Gasteiger partial charge on any atom is 0.414 e. The Balaban J connectivity index is 0.000000377. The molecule has 4 rings (SSSR count). The zero-order chi connectivity index (χ0) is 21.5. The van der Waals surface area contributed by atoms with Gasteiger partial charge in [0.05, 0.1) is 0 Å². The zero-order valence-electron chi connectivity index (χ0n) is 16.2. The maximum absolute atomic E-state index is 10.4. The molecule has 0 unspecified atom stereocenters. The summed E-state index contributed by atoms with van der Waals surface area (Å²) in [7, 11) is 0. The van der Waals surface area contributed by atoms with E-state index in [1.807, 2.05) is 42.5 Å². The van der Waals surface area contributed by atoms with Crippen molar-refractivity contribution in [1.29, 1.82) is 0 Å². The number of hydrogen-bond acceptors (Lipinski definition) is 5. The van der Waals surface area contributed by atoms with E-state index in [0.717, 1.165) is 29.6 Å². The molecule has 0 aromatic heterocycles. The fourth-order valence-corrected chi connectivity index (χ4v) is 3.38. The van der Waals surface area contributed by atoms with E-state index in [4.69, 9.17) is 24.5 Å². The Morgan fingerprint density at radius 1 is 0.867 bits per heavy atom. The van der Waals surface area contributed by atoms with Gasteiger partial charge in [-0.1, -0.05) is 66.7 Å². The van der Waals surface area contributed by atoms with Gasteiger partial charge in [0.15, 0.2) is 0 Å². The summed E-state index contributed by atoms with van der Waals surface area (Å²) in [5.74, 6) is -2.80. The number of carboxylic acid groups (broad SMARTS) is 2. The van der Waals surface area contributed by atoms with Crippen molar-refractivity contribution in [2.24, 2.45) is 0 Å². The lowest BCUT2D eigenvalue weighted by atomic mass is 10.1. The third-order valence-electron chi connectivity index (χ3n) is 4.77. The van der Waals surface area contributed by atoms with Crippen molar-refractivity contribution in [2.75, 3.05) is 13.1 Å². The average molecular weight is 409 g/mol. The van der Waals surface area contributed by atoms with Crippen molar-refractivity contribution in [2.45, 2.75) is 18.8 Å². The number of aliphatic hydroxyl groups is 1. The number of rotatable bonds is 4. The van der Waals surface area contributed by atoms with Crippen LogP contribution in [0.4, 0.5) is 0 Å². The molecule has 3 aromatic carbocycles. The summed E-state index contributed by atoms with van der Waals surface area (Å²) in [6.07, 6.45) is -0.660. The molecule has 0 saturated carbocycles. The van der Waals surface area contributed by atoms with Gasteiger partial charge in [0, 0.05) is 25.0 Å². The minimum atomic E-state index is -1.82. The second-order valence-corrected chi connectivity index (χ2v) is 6.99. The van der Waals surface area contributed by atoms with Crippen LogP contribution in [0.5, 0.6) is 5.75 Å². The number of ether oxygens (including phenoxy) is 1. The Morgan fingerprint density at radius 2 is 1.50 bits per heavy atom. The Labute approximate surface area is 173 Å². The van der Waals surface area contributed by atoms with Crippen LogP contribution in [-0.2, 0) is 16.1 Å². The smallest absolute Gasteiger partial charge is 0.414 e. The van der Waals surface area contributed by atoms with Gasteiger partial charge >= 0.3 is 11.9 Å². The van der Waals surface area contributed by atoms with Gasteiger partial charge in [-0.15, -0.1) is 0 Å². The molecule has 7 heteroatoms. The number of β-amino-alcohol motifs (C(OH)–C–C–N with tert-alkyl or cyclic N) is 1. The highest BCUT2D eigenvalue weighted by Crippen LogP contribution is 2.28. The van der Waals surface area contributed by atoms with E-state index in [-0.39, 0.29) is 6.10 Å². The summed E-state index contributed by atoms with van der Waals surface area (Å²) in [4.78, 5) is 20.4. The van der Waals surface area contributed by atoms with Crippen molar-refractivity contribution in [3.8, 4) is 5.75 Å². The average Bonchev–Trinajstić information content (AvgIpc) is 3.08. The lowest BCUT2D eigenvalue weighted by molar-refractivity contribution is -0.159. The SMILES string of the molecule is O=C(O)C(=O)O.O[C@H]1CN(Cc2ccccc2)C[C@@H]1Oc1cccc2ccccc12. The largest absolute Gasteiger partial charge is 0.486 e. The Kier molecular flexibility index (Phi) is 7.00. The van der Waals surface area contributed by atoms with Crippen LogP contribution in [0.3, 0.4) is 0 Å². The lowest BCUT2D eigenvalue weighted by Gasteiger charge is -2.18. The van der Waals surface area contributed by atoms with Gasteiger partial charge in [-0.3, -0.25) is 4.90 Å². The van der Waals surface area contributed by atoms with Crippen LogP contribution < -0.4 is 4.74 Å². The first-order valence-corrected chi connectivity index (χ1v) is 9.49. The molecule has 0 amide bonds. The molecule has 3 N–H and O–H groups in total. The maximum atomic E-state index is 10.4. The molecule has 2 atom stereocenters. The van der Waals surface area contributed by atoms with E-state index in [1.165, 1.54) is 5.56 Å². The fraction of sp³-hybridized carbons (Fsp3) is 0.217. The number of fused-ring (bicyclic) bond motifs is 1. The number of hydrogen-bond donors (Lipinski definition) is 3. The molecule has 156 valence electrons. The summed E-state index contributed by atoms with van der Waals surface area (Å²) in [6.45, 7) is 2.22. The number of carboxylic acids is 2. The first kappa shape index (κ1) is 21.3. The molecule has 30 heavy (non-hydrogen) atoms. The molecule has 1 fully saturated rings. The van der Waals surface area contributed by atoms with Crippen LogP contribution >= 0.6 is 0 Å². The Bertz CT molecular complexity index is 990. The molecule has 0 radical (unpaired) electrons. The van der Waals surface area contributed by atoms with Crippen LogP contribution in [-0.4, -0.2) is 57.5 Å². The van der Waals surface area contributed by atoms with Crippen LogP contribution in [0, 0.1) is 0 Å². The van der Waals surface area contributed by atoms with Crippen LogP contribution in [0.15, 0.2) is 72.8 Å². The molecule has 1 aliphatic rings. The molecule has 1 saturated heterocycles. The number of nitrogens with zero attached hydrogens (tertiary/aromatic N) is 1. The molecule has 1 aliphatic heterocycles. The van der Waals surface area contributed by atoms with Gasteiger partial charge in [-0.25, -0.2) is 9.59 Å². The first-order valence-electron chi connectivity index (χ1n) is 9.49. The highest BCUT2D eigenvalue weighted by molar-refractivity contribution is 6.27. The van der Waals surface area contributed by atoms with Gasteiger partial charge in [-0.05, 0) is 17.0 Å². The lowest BCUT2D eigenvalue weighted by Crippen LogP contribution is -2.30. The highest BCUT2D eigenvalue weighted by Gasteiger charge is 2.33. The molecule has 0 spiro atoms. The monoisotopic (exact) mass is 409 g/mol. The molecular formula is C23H23NO6. The van der Waals surface area contributed by atoms with Gasteiger partial charge in [-0.2, -0.15) is 0 Å². The van der Waals surface area contributed by atoms with Gasteiger partial charge in [0.2, 0.25) is 0 Å². The number of carbonyl (C=O) groups is 2. The second-order valence-electron chi connectivity index (χ2n) is 6.99. The highest BCUT2D eigenvalue weighted by atomic mass is 16.5. The predicted octanol–water partition coefficient (Wildman–Crippen LogP) is 2.62. The molecule has 7 nitrogen and oxygen atoms in total. The molecule has 3 aromatic rings. The van der Waals surface area contributed by atoms with E-state index in [0.29, 0.717) is 6.54 Å². The van der Waals surface area contributed by atoms with Gasteiger partial charge in [0.25, 0.3) is 0 Å². The standard InChI is InChI=1S/C21H21NO2.C2H2O4/c23-19-14-22(13-16-7-2-1-3-8-16)15-21(19)24-20-12-6-10-17-9-4-5-11-18(17)20;3-1(4)2(5)6/h1-12,19,21,23H,13-15H2;(H,3,4)(H,5,6)/t19-,21-;/m0./s1. The second kappa shape index (κ2) is 9.87. The van der Waals surface area contributed by atoms with Crippen molar-refractivity contribution in [3.63, 3.8) is 0 Å². The zero-order valence-corrected chi connectivity index (χ0v) is 16.2. The number of aliphatic hydroxyl groups excluding tert-OH is 1. The summed E-state index contributed by atoms with van der Waals surface area (Å²) in [6, 6.07) is 24.6. The van der Waals surface area contributed by atoms with Crippen molar-refractivity contribution >= 4 is 22.7 Å². The normalized spacial score (nSPS) is 18.4. The molecule has 0 bridgehead atoms. The Morgan fingerprint density at radius 3 is 2.20 bits per heavy atom. The van der Waals surface area contributed by atoms with E-state index in [9.17, 15) is 5.11 Å². The van der Waals surface area contributed by atoms with E-state index in [2.05, 4.69) is 35.2 Å². The van der Waals surface area contributed by atoms with Crippen molar-refractivity contribution < 1.29 is 29.6 Å². The van der Waals surface area contributed by atoms with Crippen molar-refractivity contribution in [3.05, 3.63) is 78.4 Å². The third-order valence-corrected chi connectivity index (χ3v) is 4.77. The van der Waals surface area contributed by atoms with Crippen LogP contribution in [0.2, 0.25) is 0 Å². The summed E-state index contributed by atoms with van der Waals surface area (Å²) < 4.78 is 6.18. The first-order chi connectivity index (χ1) is 14.4. The van der Waals surface area contributed by atoms with E-state index < -0.39 is 18.0 Å². The predicted molar refractivity (Wildman–Crippen MR) is 111 cm³/mol. The van der Waals surface area contributed by atoms with Crippen LogP contribution in [0.1, 0.15) is 5.56 Å². The summed E-state index contributed by atoms with van der Waals surface area (Å²) >= 11 is 0. The number of benzene rings is 3. The van der Waals surface area contributed by atoms with Crippen molar-refractivity contribution in [1.82, 2.24) is 4.90 Å². The molecule has 0 aliphatic carbocycles. The van der Waals surface area contributed by atoms with Crippen LogP contribution in [0.25, 0.3) is 10.8 Å². The molecule has 1 heterocycles. The minimum Gasteiger partial charge on any atom is -0.486 e. The Hall–Kier alpha value is -3.42. The summed E-state index contributed by atoms with van der Waals surface area (Å²) in [5.41, 5.74) is 1.26. The molecular weight excluding hydrogens is 386 g/mol. The number of likely N-dealkylation sites (tertiary alicyclic amines) is 1. The fourth-order valence-electron chi connectivity index (χ4n) is 3.38. The van der Waals surface area contributed by atoms with Gasteiger partial charge < -0.3 is 20.1 Å². The van der Waals surface area contributed by atoms with Gasteiger partial charge in [0.1, 0.15) is 18.0 Å². The number of aliphatic carboxylic acids is 2.